The average molecular weight is 358 g/mol. The van der Waals surface area contributed by atoms with Gasteiger partial charge in [0.1, 0.15) is 22.8 Å². The van der Waals surface area contributed by atoms with Crippen molar-refractivity contribution in [1.29, 1.82) is 0 Å². The molecule has 6 nitrogen and oxygen atoms in total. The third-order valence-electron chi connectivity index (χ3n) is 4.04. The Bertz CT molecular complexity index is 1120. The lowest BCUT2D eigenvalue weighted by Gasteiger charge is -2.08. The predicted octanol–water partition coefficient (Wildman–Crippen LogP) is 5.52. The maximum Gasteiger partial charge on any atom is 0.187 e. The normalized spacial score (nSPS) is 11.3. The number of benzene rings is 2. The highest BCUT2D eigenvalue weighted by atomic mass is 16.5. The summed E-state index contributed by atoms with van der Waals surface area (Å²) in [6.45, 7) is 2.51. The van der Waals surface area contributed by atoms with Gasteiger partial charge in [-0.25, -0.2) is 4.98 Å². The molecule has 27 heavy (non-hydrogen) atoms. The molecule has 2 heterocycles. The van der Waals surface area contributed by atoms with E-state index < -0.39 is 0 Å². The van der Waals surface area contributed by atoms with E-state index in [1.165, 1.54) is 0 Å². The molecule has 2 aromatic heterocycles. The molecule has 0 aliphatic rings. The number of rotatable bonds is 5. The smallest absolute Gasteiger partial charge is 0.187 e. The zero-order chi connectivity index (χ0) is 18.6. The Kier molecular flexibility index (Phi) is 4.53. The van der Waals surface area contributed by atoms with Crippen LogP contribution in [0.2, 0.25) is 0 Å². The Labute approximate surface area is 156 Å². The summed E-state index contributed by atoms with van der Waals surface area (Å²) in [6, 6.07) is 20.2. The van der Waals surface area contributed by atoms with E-state index in [1.54, 1.807) is 24.3 Å². The van der Waals surface area contributed by atoms with Crippen LogP contribution in [0.5, 0.6) is 11.5 Å². The van der Waals surface area contributed by atoms with Gasteiger partial charge in [-0.3, -0.25) is 4.40 Å². The van der Waals surface area contributed by atoms with Crippen molar-refractivity contribution in [1.82, 2.24) is 9.38 Å². The fourth-order valence-corrected chi connectivity index (χ4v) is 2.86. The van der Waals surface area contributed by atoms with E-state index in [-0.39, 0.29) is 5.75 Å². The van der Waals surface area contributed by atoms with Crippen LogP contribution in [0.25, 0.3) is 16.9 Å². The summed E-state index contributed by atoms with van der Waals surface area (Å²) in [6.07, 6.45) is 1.89. The summed E-state index contributed by atoms with van der Waals surface area (Å²) in [5, 5.41) is 18.4. The van der Waals surface area contributed by atoms with E-state index in [0.29, 0.717) is 23.8 Å². The molecule has 1 N–H and O–H groups in total. The zero-order valence-corrected chi connectivity index (χ0v) is 14.8. The summed E-state index contributed by atoms with van der Waals surface area (Å²) in [5.41, 5.74) is 2.87. The Morgan fingerprint density at radius 1 is 1.00 bits per heavy atom. The lowest BCUT2D eigenvalue weighted by atomic mass is 10.1. The van der Waals surface area contributed by atoms with Crippen molar-refractivity contribution in [3.8, 4) is 22.8 Å². The predicted molar refractivity (Wildman–Crippen MR) is 104 cm³/mol. The number of aromatic hydroxyl groups is 1. The van der Waals surface area contributed by atoms with Gasteiger partial charge in [0.15, 0.2) is 5.82 Å². The average Bonchev–Trinajstić information content (AvgIpc) is 3.05. The minimum Gasteiger partial charge on any atom is -0.508 e. The summed E-state index contributed by atoms with van der Waals surface area (Å²) >= 11 is 0. The van der Waals surface area contributed by atoms with Crippen molar-refractivity contribution in [3.63, 3.8) is 0 Å². The van der Waals surface area contributed by atoms with Gasteiger partial charge in [-0.2, -0.15) is 0 Å². The van der Waals surface area contributed by atoms with Crippen molar-refractivity contribution in [2.45, 2.75) is 6.92 Å². The molecule has 0 amide bonds. The van der Waals surface area contributed by atoms with Crippen molar-refractivity contribution >= 4 is 17.2 Å². The molecule has 2 aromatic carbocycles. The number of nitrogens with zero attached hydrogens (tertiary/aromatic N) is 4. The first-order chi connectivity index (χ1) is 13.3. The van der Waals surface area contributed by atoms with Crippen LogP contribution < -0.4 is 4.74 Å². The van der Waals surface area contributed by atoms with Gasteiger partial charge in [0.25, 0.3) is 0 Å². The highest BCUT2D eigenvalue weighted by molar-refractivity contribution is 5.78. The van der Waals surface area contributed by atoms with Crippen molar-refractivity contribution < 1.29 is 9.84 Å². The molecule has 4 rings (SSSR count). The second-order valence-electron chi connectivity index (χ2n) is 5.86. The van der Waals surface area contributed by atoms with Crippen LogP contribution in [-0.2, 0) is 0 Å². The monoisotopic (exact) mass is 358 g/mol. The molecule has 0 fully saturated rings. The SMILES string of the molecule is CCOc1ccccc1-c1nc2ccccn2c1N=Nc1cccc(O)c1. The molecule has 0 bridgehead atoms. The van der Waals surface area contributed by atoms with Crippen LogP contribution in [0.15, 0.2) is 83.2 Å². The summed E-state index contributed by atoms with van der Waals surface area (Å²) < 4.78 is 7.65. The van der Waals surface area contributed by atoms with Crippen LogP contribution >= 0.6 is 0 Å². The molecule has 6 heteroatoms. The first-order valence-electron chi connectivity index (χ1n) is 8.66. The van der Waals surface area contributed by atoms with Gasteiger partial charge in [0.05, 0.1) is 12.3 Å². The molecule has 0 unspecified atom stereocenters. The number of azo groups is 1. The molecule has 0 aliphatic heterocycles. The molecule has 0 saturated carbocycles. The molecule has 4 aromatic rings. The summed E-state index contributed by atoms with van der Waals surface area (Å²) in [5.74, 6) is 1.49. The number of ether oxygens (including phenoxy) is 1. The molecule has 134 valence electrons. The first kappa shape index (κ1) is 16.8. The number of hydrogen-bond donors (Lipinski definition) is 1. The van der Waals surface area contributed by atoms with E-state index in [9.17, 15) is 5.11 Å². The maximum atomic E-state index is 9.63. The zero-order valence-electron chi connectivity index (χ0n) is 14.8. The van der Waals surface area contributed by atoms with E-state index in [4.69, 9.17) is 9.72 Å². The summed E-state index contributed by atoms with van der Waals surface area (Å²) in [7, 11) is 0. The number of hydrogen-bond acceptors (Lipinski definition) is 5. The Hall–Kier alpha value is -3.67. The molecular formula is C21H18N4O2. The second-order valence-corrected chi connectivity index (χ2v) is 5.86. The number of aromatic nitrogens is 2. The van der Waals surface area contributed by atoms with Gasteiger partial charge in [-0.15, -0.1) is 10.2 Å². The highest BCUT2D eigenvalue weighted by Gasteiger charge is 2.17. The second kappa shape index (κ2) is 7.29. The van der Waals surface area contributed by atoms with Gasteiger partial charge in [0.2, 0.25) is 0 Å². The minimum absolute atomic E-state index is 0.145. The Morgan fingerprint density at radius 3 is 2.70 bits per heavy atom. The van der Waals surface area contributed by atoms with Gasteiger partial charge in [0, 0.05) is 17.8 Å². The summed E-state index contributed by atoms with van der Waals surface area (Å²) in [4.78, 5) is 4.74. The van der Waals surface area contributed by atoms with E-state index in [1.807, 2.05) is 60.0 Å². The number of phenols is 1. The van der Waals surface area contributed by atoms with E-state index in [2.05, 4.69) is 10.2 Å². The van der Waals surface area contributed by atoms with Crippen LogP contribution in [0.4, 0.5) is 11.5 Å². The molecule has 0 radical (unpaired) electrons. The number of para-hydroxylation sites is 1. The van der Waals surface area contributed by atoms with Crippen molar-refractivity contribution in [2.24, 2.45) is 10.2 Å². The topological polar surface area (TPSA) is 71.5 Å². The fourth-order valence-electron chi connectivity index (χ4n) is 2.86. The molecular weight excluding hydrogens is 340 g/mol. The molecule has 0 atom stereocenters. The van der Waals surface area contributed by atoms with Gasteiger partial charge in [-0.1, -0.05) is 24.3 Å². The van der Waals surface area contributed by atoms with E-state index >= 15 is 0 Å². The quantitative estimate of drug-likeness (QED) is 0.477. The number of fused-ring (bicyclic) bond motifs is 1. The van der Waals surface area contributed by atoms with Crippen molar-refractivity contribution in [3.05, 3.63) is 72.9 Å². The number of pyridine rings is 1. The first-order valence-corrected chi connectivity index (χ1v) is 8.66. The van der Waals surface area contributed by atoms with Gasteiger partial charge >= 0.3 is 0 Å². The lowest BCUT2D eigenvalue weighted by Crippen LogP contribution is -1.94. The molecule has 0 aliphatic carbocycles. The fraction of sp³-hybridized carbons (Fsp3) is 0.0952. The number of imidazole rings is 1. The van der Waals surface area contributed by atoms with Gasteiger partial charge in [-0.05, 0) is 43.3 Å². The number of phenolic OH excluding ortho intramolecular Hbond substituents is 1. The molecule has 0 saturated heterocycles. The Morgan fingerprint density at radius 2 is 1.85 bits per heavy atom. The van der Waals surface area contributed by atoms with Crippen molar-refractivity contribution in [2.75, 3.05) is 6.61 Å². The van der Waals surface area contributed by atoms with Crippen LogP contribution in [0, 0.1) is 0 Å². The third-order valence-corrected chi connectivity index (χ3v) is 4.04. The van der Waals surface area contributed by atoms with Gasteiger partial charge < -0.3 is 9.84 Å². The maximum absolute atomic E-state index is 9.63. The molecule has 0 spiro atoms. The Balaban J connectivity index is 1.88. The lowest BCUT2D eigenvalue weighted by molar-refractivity contribution is 0.341. The van der Waals surface area contributed by atoms with E-state index in [0.717, 1.165) is 17.0 Å². The van der Waals surface area contributed by atoms with Crippen LogP contribution in [-0.4, -0.2) is 21.1 Å². The third kappa shape index (κ3) is 3.37. The standard InChI is InChI=1S/C21H18N4O2/c1-2-27-18-11-4-3-10-17(18)20-21(25-13-6-5-12-19(25)22-20)24-23-15-8-7-9-16(26)14-15/h3-14,26H,2H2,1H3. The minimum atomic E-state index is 0.145. The van der Waals surface area contributed by atoms with Crippen LogP contribution in [0.1, 0.15) is 6.92 Å². The van der Waals surface area contributed by atoms with Crippen LogP contribution in [0.3, 0.4) is 0 Å². The largest absolute Gasteiger partial charge is 0.508 e. The highest BCUT2D eigenvalue weighted by Crippen LogP contribution is 2.37.